The molecule has 0 saturated heterocycles. The van der Waals surface area contributed by atoms with Crippen molar-refractivity contribution in [2.24, 2.45) is 0 Å². The Hall–Kier alpha value is -3.80. The van der Waals surface area contributed by atoms with Crippen molar-refractivity contribution < 1.29 is 40.2 Å². The number of amides is 1. The second-order valence-electron chi connectivity index (χ2n) is 6.84. The molecule has 0 atom stereocenters. The van der Waals surface area contributed by atoms with Crippen LogP contribution in [0.25, 0.3) is 0 Å². The maximum absolute atomic E-state index is 13.1. The van der Waals surface area contributed by atoms with E-state index >= 15 is 0 Å². The quantitative estimate of drug-likeness (QED) is 0.441. The molecule has 0 fully saturated rings. The Kier molecular flexibility index (Phi) is 7.30. The number of carbonyl (C=O) groups is 1. The lowest BCUT2D eigenvalue weighted by Crippen LogP contribution is -2.20. The summed E-state index contributed by atoms with van der Waals surface area (Å²) in [6.45, 7) is -0.593. The van der Waals surface area contributed by atoms with Crippen molar-refractivity contribution >= 4 is 27.3 Å². The molecule has 0 unspecified atom stereocenters. The van der Waals surface area contributed by atoms with E-state index in [9.17, 15) is 30.8 Å². The second kappa shape index (κ2) is 10.00. The molecule has 0 radical (unpaired) electrons. The fraction of sp³-hybridized carbons (Fsp3) is 0.136. The highest BCUT2D eigenvalue weighted by Gasteiger charge is 2.30. The zero-order valence-electron chi connectivity index (χ0n) is 17.5. The normalized spacial score (nSPS) is 11.6. The van der Waals surface area contributed by atoms with Gasteiger partial charge in [0.2, 0.25) is 0 Å². The number of sulfonamides is 1. The Morgan fingerprint density at radius 3 is 2.35 bits per heavy atom. The van der Waals surface area contributed by atoms with Gasteiger partial charge in [0.05, 0.1) is 23.3 Å². The topological polar surface area (TPSA) is 93.7 Å². The van der Waals surface area contributed by atoms with Crippen molar-refractivity contribution in [2.75, 3.05) is 23.8 Å². The van der Waals surface area contributed by atoms with E-state index in [-0.39, 0.29) is 27.8 Å². The fourth-order valence-corrected chi connectivity index (χ4v) is 3.85. The van der Waals surface area contributed by atoms with Gasteiger partial charge in [-0.2, -0.15) is 13.2 Å². The minimum absolute atomic E-state index is 0.0107. The molecule has 3 rings (SSSR count). The third-order valence-electron chi connectivity index (χ3n) is 4.38. The number of benzene rings is 3. The first kappa shape index (κ1) is 24.8. The van der Waals surface area contributed by atoms with Crippen molar-refractivity contribution in [1.29, 1.82) is 0 Å². The Balaban J connectivity index is 1.70. The van der Waals surface area contributed by atoms with E-state index in [1.807, 2.05) is 0 Å². The van der Waals surface area contributed by atoms with Gasteiger partial charge < -0.3 is 14.8 Å². The summed E-state index contributed by atoms with van der Waals surface area (Å²) in [5.41, 5.74) is -0.766. The number of halogens is 4. The highest BCUT2D eigenvalue weighted by molar-refractivity contribution is 7.92. The summed E-state index contributed by atoms with van der Waals surface area (Å²) in [7, 11) is -2.78. The summed E-state index contributed by atoms with van der Waals surface area (Å²) in [6, 6.07) is 12.3. The van der Waals surface area contributed by atoms with Gasteiger partial charge in [-0.15, -0.1) is 0 Å². The van der Waals surface area contributed by atoms with E-state index in [0.717, 1.165) is 42.5 Å². The van der Waals surface area contributed by atoms with Gasteiger partial charge >= 0.3 is 6.18 Å². The number of alkyl halides is 3. The second-order valence-corrected chi connectivity index (χ2v) is 8.52. The van der Waals surface area contributed by atoms with Gasteiger partial charge in [-0.1, -0.05) is 6.07 Å². The number of ether oxygens (including phenoxy) is 2. The van der Waals surface area contributed by atoms with Crippen LogP contribution >= 0.6 is 0 Å². The number of nitrogens with one attached hydrogen (secondary N) is 2. The molecule has 0 heterocycles. The summed E-state index contributed by atoms with van der Waals surface area (Å²) in [6.07, 6.45) is -4.55. The van der Waals surface area contributed by atoms with Gasteiger partial charge in [0.15, 0.2) is 6.61 Å². The summed E-state index contributed by atoms with van der Waals surface area (Å²) < 4.78 is 89.2. The van der Waals surface area contributed by atoms with E-state index in [4.69, 9.17) is 9.47 Å². The molecule has 2 N–H and O–H groups in total. The predicted octanol–water partition coefficient (Wildman–Crippen LogP) is 4.67. The molecule has 34 heavy (non-hydrogen) atoms. The van der Waals surface area contributed by atoms with Crippen molar-refractivity contribution in [3.05, 3.63) is 78.1 Å². The lowest BCUT2D eigenvalue weighted by molar-refractivity contribution is -0.137. The van der Waals surface area contributed by atoms with Gasteiger partial charge in [-0.25, -0.2) is 12.8 Å². The monoisotopic (exact) mass is 498 g/mol. The third-order valence-corrected chi connectivity index (χ3v) is 5.76. The maximum Gasteiger partial charge on any atom is 0.416 e. The summed E-state index contributed by atoms with van der Waals surface area (Å²) in [4.78, 5) is 12.0. The minimum atomic E-state index is -4.55. The van der Waals surface area contributed by atoms with Gasteiger partial charge in [0, 0.05) is 5.69 Å². The molecule has 3 aromatic rings. The summed E-state index contributed by atoms with van der Waals surface area (Å²) in [5.74, 6) is -1.31. The van der Waals surface area contributed by atoms with E-state index in [2.05, 4.69) is 10.0 Å². The smallest absolute Gasteiger partial charge is 0.416 e. The van der Waals surface area contributed by atoms with Crippen molar-refractivity contribution in [1.82, 2.24) is 0 Å². The van der Waals surface area contributed by atoms with Crippen LogP contribution in [0.15, 0.2) is 71.6 Å². The maximum atomic E-state index is 13.1. The lowest BCUT2D eigenvalue weighted by atomic mass is 10.2. The zero-order valence-corrected chi connectivity index (χ0v) is 18.3. The van der Waals surface area contributed by atoms with Crippen LogP contribution in [0, 0.1) is 5.82 Å². The lowest BCUT2D eigenvalue weighted by Gasteiger charge is -2.14. The number of carbonyl (C=O) groups excluding carboxylic acids is 1. The number of rotatable bonds is 8. The molecular formula is C22H18F4N2O5S. The Morgan fingerprint density at radius 1 is 1.00 bits per heavy atom. The first-order valence-electron chi connectivity index (χ1n) is 9.54. The molecule has 12 heteroatoms. The van der Waals surface area contributed by atoms with Crippen LogP contribution in [0.4, 0.5) is 28.9 Å². The predicted molar refractivity (Wildman–Crippen MR) is 116 cm³/mol. The standard InChI is InChI=1S/C22H18F4N2O5S/c1-32-20-10-7-16(12-19(20)28-34(30,31)18-8-5-15(23)6-9-18)27-21(29)13-33-17-4-2-3-14(11-17)22(24,25)26/h2-12,28H,13H2,1H3,(H,27,29). The number of methoxy groups -OCH3 is 1. The molecule has 3 aromatic carbocycles. The molecule has 0 aromatic heterocycles. The first-order chi connectivity index (χ1) is 16.0. The average molecular weight is 498 g/mol. The van der Waals surface area contributed by atoms with Gasteiger partial charge in [0.1, 0.15) is 17.3 Å². The van der Waals surface area contributed by atoms with Crippen LogP contribution in [-0.4, -0.2) is 28.0 Å². The highest BCUT2D eigenvalue weighted by Crippen LogP contribution is 2.32. The van der Waals surface area contributed by atoms with Crippen LogP contribution in [0.1, 0.15) is 5.56 Å². The van der Waals surface area contributed by atoms with Crippen molar-refractivity contribution in [2.45, 2.75) is 11.1 Å². The van der Waals surface area contributed by atoms with E-state index in [1.165, 1.54) is 31.4 Å². The summed E-state index contributed by atoms with van der Waals surface area (Å²) in [5, 5.41) is 2.46. The Bertz CT molecular complexity index is 1280. The van der Waals surface area contributed by atoms with Gasteiger partial charge in [-0.05, 0) is 60.7 Å². The van der Waals surface area contributed by atoms with Crippen LogP contribution in [0.2, 0.25) is 0 Å². The van der Waals surface area contributed by atoms with Crippen LogP contribution in [0.3, 0.4) is 0 Å². The Morgan fingerprint density at radius 2 is 1.71 bits per heavy atom. The van der Waals surface area contributed by atoms with Crippen molar-refractivity contribution in [3.8, 4) is 11.5 Å². The molecular weight excluding hydrogens is 480 g/mol. The molecule has 180 valence electrons. The van der Waals surface area contributed by atoms with Crippen LogP contribution in [-0.2, 0) is 21.0 Å². The molecule has 0 bridgehead atoms. The molecule has 7 nitrogen and oxygen atoms in total. The molecule has 0 aliphatic heterocycles. The minimum Gasteiger partial charge on any atom is -0.495 e. The zero-order chi connectivity index (χ0) is 24.9. The van der Waals surface area contributed by atoms with E-state index in [0.29, 0.717) is 0 Å². The molecule has 0 aliphatic carbocycles. The molecule has 1 amide bonds. The average Bonchev–Trinajstić information content (AvgIpc) is 2.77. The van der Waals surface area contributed by atoms with Crippen LogP contribution in [0.5, 0.6) is 11.5 Å². The van der Waals surface area contributed by atoms with Crippen LogP contribution < -0.4 is 19.5 Å². The highest BCUT2D eigenvalue weighted by atomic mass is 32.2. The van der Waals surface area contributed by atoms with Gasteiger partial charge in [-0.3, -0.25) is 9.52 Å². The fourth-order valence-electron chi connectivity index (χ4n) is 2.79. The SMILES string of the molecule is COc1ccc(NC(=O)COc2cccc(C(F)(F)F)c2)cc1NS(=O)(=O)c1ccc(F)cc1. The molecule has 0 aliphatic rings. The van der Waals surface area contributed by atoms with Crippen molar-refractivity contribution in [3.63, 3.8) is 0 Å². The first-order valence-corrected chi connectivity index (χ1v) is 11.0. The summed E-state index contributed by atoms with van der Waals surface area (Å²) >= 11 is 0. The largest absolute Gasteiger partial charge is 0.495 e. The van der Waals surface area contributed by atoms with E-state index in [1.54, 1.807) is 0 Å². The third kappa shape index (κ3) is 6.38. The van der Waals surface area contributed by atoms with Gasteiger partial charge in [0.25, 0.3) is 15.9 Å². The molecule has 0 spiro atoms. The number of anilines is 2. The number of hydrogen-bond donors (Lipinski definition) is 2. The Labute approximate surface area is 192 Å². The number of hydrogen-bond acceptors (Lipinski definition) is 5. The molecule has 0 saturated carbocycles. The van der Waals surface area contributed by atoms with E-state index < -0.39 is 40.1 Å².